The number of carbonyl (C=O) groups excluding carboxylic acids is 2. The van der Waals surface area contributed by atoms with Crippen molar-refractivity contribution < 1.29 is 19.2 Å². The fraction of sp³-hybridized carbons (Fsp3) is 0.273. The SMILES string of the molecule is CCNOC(=O)c1cccc(C(=O)OC)c1. The topological polar surface area (TPSA) is 64.6 Å². The first-order valence-corrected chi connectivity index (χ1v) is 4.81. The van der Waals surface area contributed by atoms with Gasteiger partial charge in [0.2, 0.25) is 0 Å². The highest BCUT2D eigenvalue weighted by atomic mass is 16.7. The summed E-state index contributed by atoms with van der Waals surface area (Å²) in [6.07, 6.45) is 0. The second kappa shape index (κ2) is 5.87. The number of nitrogens with one attached hydrogen (secondary N) is 1. The van der Waals surface area contributed by atoms with Crippen LogP contribution in [0.5, 0.6) is 0 Å². The Morgan fingerprint density at radius 1 is 1.25 bits per heavy atom. The van der Waals surface area contributed by atoms with E-state index in [1.807, 2.05) is 0 Å². The van der Waals surface area contributed by atoms with Gasteiger partial charge in [-0.3, -0.25) is 0 Å². The molecule has 5 heteroatoms. The highest BCUT2D eigenvalue weighted by Gasteiger charge is 2.11. The van der Waals surface area contributed by atoms with Gasteiger partial charge in [-0.15, -0.1) is 0 Å². The smallest absolute Gasteiger partial charge is 0.356 e. The first-order chi connectivity index (χ1) is 7.69. The molecule has 0 radical (unpaired) electrons. The van der Waals surface area contributed by atoms with Crippen LogP contribution in [0.1, 0.15) is 27.6 Å². The fourth-order valence-electron chi connectivity index (χ4n) is 1.09. The van der Waals surface area contributed by atoms with E-state index in [2.05, 4.69) is 10.2 Å². The van der Waals surface area contributed by atoms with Crippen LogP contribution < -0.4 is 5.48 Å². The molecular formula is C11H13NO4. The number of carbonyl (C=O) groups is 2. The molecule has 16 heavy (non-hydrogen) atoms. The van der Waals surface area contributed by atoms with E-state index in [9.17, 15) is 9.59 Å². The van der Waals surface area contributed by atoms with Gasteiger partial charge >= 0.3 is 11.9 Å². The number of methoxy groups -OCH3 is 1. The van der Waals surface area contributed by atoms with Crippen molar-refractivity contribution in [1.82, 2.24) is 5.48 Å². The van der Waals surface area contributed by atoms with E-state index >= 15 is 0 Å². The van der Waals surface area contributed by atoms with E-state index in [1.165, 1.54) is 13.2 Å². The van der Waals surface area contributed by atoms with Crippen molar-refractivity contribution in [3.05, 3.63) is 35.4 Å². The highest BCUT2D eigenvalue weighted by Crippen LogP contribution is 2.07. The maximum atomic E-state index is 11.4. The van der Waals surface area contributed by atoms with Crippen molar-refractivity contribution in [1.29, 1.82) is 0 Å². The van der Waals surface area contributed by atoms with Gasteiger partial charge < -0.3 is 9.57 Å². The van der Waals surface area contributed by atoms with Crippen LogP contribution >= 0.6 is 0 Å². The van der Waals surface area contributed by atoms with Gasteiger partial charge in [0.05, 0.1) is 18.2 Å². The van der Waals surface area contributed by atoms with E-state index in [4.69, 9.17) is 4.84 Å². The average Bonchev–Trinajstić information content (AvgIpc) is 2.35. The number of ether oxygens (including phenoxy) is 1. The number of hydrogen-bond acceptors (Lipinski definition) is 5. The molecular weight excluding hydrogens is 210 g/mol. The summed E-state index contributed by atoms with van der Waals surface area (Å²) in [6, 6.07) is 6.14. The van der Waals surface area contributed by atoms with Gasteiger partial charge in [-0.25, -0.2) is 9.59 Å². The molecule has 5 nitrogen and oxygen atoms in total. The molecule has 1 aromatic rings. The van der Waals surface area contributed by atoms with E-state index < -0.39 is 11.9 Å². The predicted molar refractivity (Wildman–Crippen MR) is 56.9 cm³/mol. The average molecular weight is 223 g/mol. The van der Waals surface area contributed by atoms with Crippen LogP contribution in [0.25, 0.3) is 0 Å². The predicted octanol–water partition coefficient (Wildman–Crippen LogP) is 1.15. The van der Waals surface area contributed by atoms with Gasteiger partial charge in [0, 0.05) is 6.54 Å². The molecule has 0 spiro atoms. The van der Waals surface area contributed by atoms with Crippen LogP contribution in [0.2, 0.25) is 0 Å². The molecule has 0 aliphatic rings. The number of benzene rings is 1. The summed E-state index contributed by atoms with van der Waals surface area (Å²) in [4.78, 5) is 27.3. The first kappa shape index (κ1) is 12.2. The number of esters is 1. The summed E-state index contributed by atoms with van der Waals surface area (Å²) in [5, 5.41) is 0. The summed E-state index contributed by atoms with van der Waals surface area (Å²) >= 11 is 0. The minimum Gasteiger partial charge on any atom is -0.465 e. The Morgan fingerprint density at radius 3 is 2.44 bits per heavy atom. The van der Waals surface area contributed by atoms with Crippen LogP contribution in [0.4, 0.5) is 0 Å². The molecule has 0 heterocycles. The summed E-state index contributed by atoms with van der Waals surface area (Å²) in [5.74, 6) is -1.02. The fourth-order valence-corrected chi connectivity index (χ4v) is 1.09. The van der Waals surface area contributed by atoms with Gasteiger partial charge in [-0.05, 0) is 25.1 Å². The molecule has 86 valence electrons. The van der Waals surface area contributed by atoms with Crippen molar-refractivity contribution in [2.75, 3.05) is 13.7 Å². The van der Waals surface area contributed by atoms with Crippen molar-refractivity contribution in [3.63, 3.8) is 0 Å². The maximum Gasteiger partial charge on any atom is 0.356 e. The normalized spacial score (nSPS) is 9.62. The minimum atomic E-state index is -0.535. The van der Waals surface area contributed by atoms with Crippen LogP contribution in [0, 0.1) is 0 Å². The van der Waals surface area contributed by atoms with Gasteiger partial charge in [0.15, 0.2) is 0 Å². The van der Waals surface area contributed by atoms with E-state index in [0.29, 0.717) is 17.7 Å². The zero-order chi connectivity index (χ0) is 12.0. The molecule has 0 saturated heterocycles. The molecule has 0 aromatic heterocycles. The Kier molecular flexibility index (Phi) is 4.47. The van der Waals surface area contributed by atoms with Crippen LogP contribution in [-0.2, 0) is 9.57 Å². The Labute approximate surface area is 93.3 Å². The van der Waals surface area contributed by atoms with E-state index in [1.54, 1.807) is 25.1 Å². The molecule has 1 rings (SSSR count). The maximum absolute atomic E-state index is 11.4. The monoisotopic (exact) mass is 223 g/mol. The molecule has 0 atom stereocenters. The number of hydroxylamine groups is 1. The summed E-state index contributed by atoms with van der Waals surface area (Å²) in [7, 11) is 1.28. The third kappa shape index (κ3) is 3.06. The van der Waals surface area contributed by atoms with Crippen molar-refractivity contribution in [3.8, 4) is 0 Å². The highest BCUT2D eigenvalue weighted by molar-refractivity contribution is 5.95. The summed E-state index contributed by atoms with van der Waals surface area (Å²) in [6.45, 7) is 2.32. The summed E-state index contributed by atoms with van der Waals surface area (Å²) < 4.78 is 4.55. The minimum absolute atomic E-state index is 0.295. The van der Waals surface area contributed by atoms with Crippen LogP contribution in [-0.4, -0.2) is 25.6 Å². The van der Waals surface area contributed by atoms with Crippen LogP contribution in [0.15, 0.2) is 24.3 Å². The molecule has 1 N–H and O–H groups in total. The third-order valence-electron chi connectivity index (χ3n) is 1.83. The lowest BCUT2D eigenvalue weighted by atomic mass is 10.1. The zero-order valence-corrected chi connectivity index (χ0v) is 9.15. The summed E-state index contributed by atoms with van der Waals surface area (Å²) in [5.41, 5.74) is 3.05. The first-order valence-electron chi connectivity index (χ1n) is 4.81. The Bertz CT molecular complexity index is 389. The molecule has 0 saturated carbocycles. The standard InChI is InChI=1S/C11H13NO4/c1-3-12-16-11(14)9-6-4-5-8(7-9)10(13)15-2/h4-7,12H,3H2,1-2H3. The lowest BCUT2D eigenvalue weighted by Crippen LogP contribution is -2.19. The molecule has 0 fully saturated rings. The number of rotatable bonds is 4. The second-order valence-electron chi connectivity index (χ2n) is 2.96. The Balaban J connectivity index is 2.81. The molecule has 0 amide bonds. The van der Waals surface area contributed by atoms with Gasteiger partial charge in [0.1, 0.15) is 0 Å². The Hall–Kier alpha value is -1.88. The largest absolute Gasteiger partial charge is 0.465 e. The molecule has 0 aliphatic carbocycles. The quantitative estimate of drug-likeness (QED) is 0.612. The van der Waals surface area contributed by atoms with Gasteiger partial charge in [-0.1, -0.05) is 6.07 Å². The van der Waals surface area contributed by atoms with Crippen molar-refractivity contribution >= 4 is 11.9 Å². The van der Waals surface area contributed by atoms with Gasteiger partial charge in [-0.2, -0.15) is 5.48 Å². The van der Waals surface area contributed by atoms with E-state index in [0.717, 1.165) is 0 Å². The lowest BCUT2D eigenvalue weighted by molar-refractivity contribution is 0.0265. The third-order valence-corrected chi connectivity index (χ3v) is 1.83. The lowest BCUT2D eigenvalue weighted by Gasteiger charge is -2.04. The Morgan fingerprint density at radius 2 is 1.88 bits per heavy atom. The van der Waals surface area contributed by atoms with Gasteiger partial charge in [0.25, 0.3) is 0 Å². The second-order valence-corrected chi connectivity index (χ2v) is 2.96. The molecule has 0 unspecified atom stereocenters. The van der Waals surface area contributed by atoms with Crippen molar-refractivity contribution in [2.45, 2.75) is 6.92 Å². The van der Waals surface area contributed by atoms with Crippen molar-refractivity contribution in [2.24, 2.45) is 0 Å². The molecule has 1 aromatic carbocycles. The molecule has 0 bridgehead atoms. The number of hydrogen-bond donors (Lipinski definition) is 1. The zero-order valence-electron chi connectivity index (χ0n) is 9.15. The van der Waals surface area contributed by atoms with Crippen LogP contribution in [0.3, 0.4) is 0 Å². The van der Waals surface area contributed by atoms with E-state index in [-0.39, 0.29) is 0 Å². The molecule has 0 aliphatic heterocycles.